The summed E-state index contributed by atoms with van der Waals surface area (Å²) in [5, 5.41) is 9.66. The summed E-state index contributed by atoms with van der Waals surface area (Å²) >= 11 is 0. The Labute approximate surface area is 170 Å². The van der Waals surface area contributed by atoms with Crippen molar-refractivity contribution in [1.82, 2.24) is 15.1 Å². The first-order valence-electron chi connectivity index (χ1n) is 9.78. The van der Waals surface area contributed by atoms with E-state index in [2.05, 4.69) is 27.9 Å². The van der Waals surface area contributed by atoms with Gasteiger partial charge in [0, 0.05) is 12.2 Å². The maximum absolute atomic E-state index is 12.5. The number of anilines is 1. The summed E-state index contributed by atoms with van der Waals surface area (Å²) in [6, 6.07) is 19.7. The predicted octanol–water partition coefficient (Wildman–Crippen LogP) is 3.89. The van der Waals surface area contributed by atoms with Crippen LogP contribution in [0.15, 0.2) is 73.1 Å². The number of benzene rings is 2. The van der Waals surface area contributed by atoms with Crippen LogP contribution in [0.1, 0.15) is 43.5 Å². The van der Waals surface area contributed by atoms with Gasteiger partial charge in [-0.25, -0.2) is 0 Å². The van der Waals surface area contributed by atoms with E-state index in [1.54, 1.807) is 10.9 Å². The van der Waals surface area contributed by atoms with E-state index < -0.39 is 11.8 Å². The molecule has 1 heterocycles. The smallest absolute Gasteiger partial charge is 0.313 e. The first kappa shape index (κ1) is 20.3. The van der Waals surface area contributed by atoms with Crippen LogP contribution in [0.4, 0.5) is 5.69 Å². The van der Waals surface area contributed by atoms with E-state index in [1.165, 1.54) is 11.8 Å². The molecular weight excluding hydrogens is 364 g/mol. The lowest BCUT2D eigenvalue weighted by Gasteiger charge is -2.19. The Morgan fingerprint density at radius 2 is 1.62 bits per heavy atom. The molecular formula is C23H26N4O2. The third-order valence-corrected chi connectivity index (χ3v) is 4.67. The largest absolute Gasteiger partial charge is 0.341 e. The lowest BCUT2D eigenvalue weighted by atomic mass is 9.99. The average Bonchev–Trinajstić information content (AvgIpc) is 3.21. The molecule has 2 N–H and O–H groups in total. The number of aromatic nitrogens is 2. The molecule has 0 saturated carbocycles. The minimum Gasteiger partial charge on any atom is -0.341 e. The normalized spacial score (nSPS) is 11.8. The maximum Gasteiger partial charge on any atom is 0.313 e. The number of aryl methyl sites for hydroxylation is 1. The average molecular weight is 390 g/mol. The summed E-state index contributed by atoms with van der Waals surface area (Å²) in [4.78, 5) is 24.9. The molecule has 0 bridgehead atoms. The highest BCUT2D eigenvalue weighted by atomic mass is 16.2. The Balaban J connectivity index is 1.65. The van der Waals surface area contributed by atoms with Crippen molar-refractivity contribution in [3.63, 3.8) is 0 Å². The molecule has 0 fully saturated rings. The Morgan fingerprint density at radius 3 is 2.24 bits per heavy atom. The lowest BCUT2D eigenvalue weighted by Crippen LogP contribution is -2.38. The molecule has 1 aromatic heterocycles. The fourth-order valence-electron chi connectivity index (χ4n) is 3.06. The van der Waals surface area contributed by atoms with E-state index in [4.69, 9.17) is 0 Å². The van der Waals surface area contributed by atoms with Crippen molar-refractivity contribution in [3.05, 3.63) is 84.2 Å². The molecule has 2 aromatic carbocycles. The van der Waals surface area contributed by atoms with Gasteiger partial charge >= 0.3 is 11.8 Å². The number of carbonyl (C=O) groups is 2. The lowest BCUT2D eigenvalue weighted by molar-refractivity contribution is -0.136. The molecule has 3 rings (SSSR count). The summed E-state index contributed by atoms with van der Waals surface area (Å²) in [6.45, 7) is 3.98. The van der Waals surface area contributed by atoms with Crippen molar-refractivity contribution < 1.29 is 9.59 Å². The molecule has 0 aliphatic carbocycles. The second kappa shape index (κ2) is 9.68. The van der Waals surface area contributed by atoms with Gasteiger partial charge in [0.1, 0.15) is 0 Å². The van der Waals surface area contributed by atoms with E-state index in [1.807, 2.05) is 62.4 Å². The van der Waals surface area contributed by atoms with E-state index in [9.17, 15) is 9.59 Å². The van der Waals surface area contributed by atoms with Gasteiger partial charge in [0.15, 0.2) is 0 Å². The molecule has 29 heavy (non-hydrogen) atoms. The quantitative estimate of drug-likeness (QED) is 0.601. The van der Waals surface area contributed by atoms with Gasteiger partial charge in [-0.15, -0.1) is 0 Å². The highest BCUT2D eigenvalue weighted by Gasteiger charge is 2.20. The maximum atomic E-state index is 12.5. The number of nitrogens with one attached hydrogen (secondary N) is 2. The third kappa shape index (κ3) is 5.78. The minimum atomic E-state index is -0.700. The van der Waals surface area contributed by atoms with Gasteiger partial charge in [0.2, 0.25) is 0 Å². The molecule has 0 spiro atoms. The summed E-state index contributed by atoms with van der Waals surface area (Å²) in [5.41, 5.74) is 2.66. The van der Waals surface area contributed by atoms with Gasteiger partial charge in [-0.3, -0.25) is 14.3 Å². The van der Waals surface area contributed by atoms with E-state index in [0.717, 1.165) is 12.0 Å². The van der Waals surface area contributed by atoms with Crippen LogP contribution in [0.5, 0.6) is 0 Å². The van der Waals surface area contributed by atoms with Crippen LogP contribution >= 0.6 is 0 Å². The van der Waals surface area contributed by atoms with Crippen LogP contribution in [-0.4, -0.2) is 21.6 Å². The topological polar surface area (TPSA) is 76.0 Å². The molecule has 2 amide bonds. The van der Waals surface area contributed by atoms with Gasteiger partial charge in [-0.2, -0.15) is 5.10 Å². The standard InChI is InChI=1S/C23H26N4O2/c1-17(2)27-16-20(15-24-27)25-22(28)23(29)26-21(19-11-7-4-8-12-19)14-13-18-9-5-3-6-10-18/h3-12,15-17,21H,13-14H2,1-2H3,(H,25,28)(H,26,29)/t21-/m0/s1. The van der Waals surface area contributed by atoms with Gasteiger partial charge < -0.3 is 10.6 Å². The van der Waals surface area contributed by atoms with Gasteiger partial charge in [0.25, 0.3) is 0 Å². The zero-order valence-corrected chi connectivity index (χ0v) is 16.7. The Kier molecular flexibility index (Phi) is 6.79. The van der Waals surface area contributed by atoms with Crippen LogP contribution < -0.4 is 10.6 Å². The molecule has 0 aliphatic rings. The number of rotatable bonds is 7. The van der Waals surface area contributed by atoms with Crippen molar-refractivity contribution in [2.45, 2.75) is 38.8 Å². The van der Waals surface area contributed by atoms with Crippen LogP contribution in [0.2, 0.25) is 0 Å². The highest BCUT2D eigenvalue weighted by Crippen LogP contribution is 2.19. The van der Waals surface area contributed by atoms with E-state index in [0.29, 0.717) is 12.1 Å². The number of amides is 2. The molecule has 150 valence electrons. The number of nitrogens with zero attached hydrogens (tertiary/aromatic N) is 2. The van der Waals surface area contributed by atoms with Gasteiger partial charge in [-0.1, -0.05) is 60.7 Å². The van der Waals surface area contributed by atoms with Crippen molar-refractivity contribution in [2.24, 2.45) is 0 Å². The van der Waals surface area contributed by atoms with Crippen molar-refractivity contribution in [2.75, 3.05) is 5.32 Å². The molecule has 0 radical (unpaired) electrons. The number of hydrogen-bond acceptors (Lipinski definition) is 3. The highest BCUT2D eigenvalue weighted by molar-refractivity contribution is 6.39. The van der Waals surface area contributed by atoms with Crippen LogP contribution in [-0.2, 0) is 16.0 Å². The number of carbonyl (C=O) groups excluding carboxylic acids is 2. The van der Waals surface area contributed by atoms with Crippen LogP contribution in [0.25, 0.3) is 0 Å². The molecule has 6 nitrogen and oxygen atoms in total. The third-order valence-electron chi connectivity index (χ3n) is 4.67. The molecule has 0 saturated heterocycles. The predicted molar refractivity (Wildman–Crippen MR) is 113 cm³/mol. The fourth-order valence-corrected chi connectivity index (χ4v) is 3.06. The zero-order chi connectivity index (χ0) is 20.6. The van der Waals surface area contributed by atoms with Gasteiger partial charge in [0.05, 0.1) is 17.9 Å². The Hall–Kier alpha value is -3.41. The Bertz CT molecular complexity index is 936. The first-order chi connectivity index (χ1) is 14.0. The molecule has 0 unspecified atom stereocenters. The summed E-state index contributed by atoms with van der Waals surface area (Å²) < 4.78 is 1.72. The zero-order valence-electron chi connectivity index (χ0n) is 16.7. The Morgan fingerprint density at radius 1 is 0.966 bits per heavy atom. The molecule has 0 aliphatic heterocycles. The monoisotopic (exact) mass is 390 g/mol. The van der Waals surface area contributed by atoms with Crippen LogP contribution in [0.3, 0.4) is 0 Å². The van der Waals surface area contributed by atoms with Crippen molar-refractivity contribution in [1.29, 1.82) is 0 Å². The summed E-state index contributed by atoms with van der Waals surface area (Å²) in [6.07, 6.45) is 4.73. The first-order valence-corrected chi connectivity index (χ1v) is 9.78. The molecule has 1 atom stereocenters. The van der Waals surface area contributed by atoms with Gasteiger partial charge in [-0.05, 0) is 37.8 Å². The minimum absolute atomic E-state index is 0.176. The van der Waals surface area contributed by atoms with Crippen LogP contribution in [0, 0.1) is 0 Å². The van der Waals surface area contributed by atoms with E-state index in [-0.39, 0.29) is 12.1 Å². The second-order valence-electron chi connectivity index (χ2n) is 7.22. The fraction of sp³-hybridized carbons (Fsp3) is 0.261. The van der Waals surface area contributed by atoms with E-state index >= 15 is 0 Å². The number of hydrogen-bond donors (Lipinski definition) is 2. The molecule has 3 aromatic rings. The SMILES string of the molecule is CC(C)n1cc(NC(=O)C(=O)N[C@@H](CCc2ccccc2)c2ccccc2)cn1. The van der Waals surface area contributed by atoms with Crippen molar-refractivity contribution in [3.8, 4) is 0 Å². The summed E-state index contributed by atoms with van der Waals surface area (Å²) in [7, 11) is 0. The van der Waals surface area contributed by atoms with Crippen molar-refractivity contribution >= 4 is 17.5 Å². The second-order valence-corrected chi connectivity index (χ2v) is 7.22. The molecule has 6 heteroatoms. The summed E-state index contributed by atoms with van der Waals surface area (Å²) in [5.74, 6) is -1.36.